The average molecular weight is 399 g/mol. The molecule has 0 unspecified atom stereocenters. The van der Waals surface area contributed by atoms with Gasteiger partial charge in [-0.25, -0.2) is 5.43 Å². The van der Waals surface area contributed by atoms with Crippen molar-refractivity contribution in [2.24, 2.45) is 5.10 Å². The van der Waals surface area contributed by atoms with E-state index in [9.17, 15) is 4.79 Å². The number of hydrogen-bond donors (Lipinski definition) is 1. The second-order valence-corrected chi connectivity index (χ2v) is 7.94. The summed E-state index contributed by atoms with van der Waals surface area (Å²) in [4.78, 5) is 14.8. The Morgan fingerprint density at radius 1 is 1.00 bits per heavy atom. The molecular formula is C25H25N3O2. The molecule has 1 heterocycles. The van der Waals surface area contributed by atoms with E-state index in [2.05, 4.69) is 45.8 Å². The molecule has 1 fully saturated rings. The fourth-order valence-electron chi connectivity index (χ4n) is 4.39. The molecule has 1 N–H and O–H groups in total. The first kappa shape index (κ1) is 19.0. The zero-order valence-corrected chi connectivity index (χ0v) is 16.9. The number of carbonyl (C=O) groups excluding carboxylic acids is 1. The minimum absolute atomic E-state index is 0.199. The first-order valence-electron chi connectivity index (χ1n) is 10.5. The van der Waals surface area contributed by atoms with Gasteiger partial charge < -0.3 is 4.74 Å². The Balaban J connectivity index is 1.24. The van der Waals surface area contributed by atoms with Crippen LogP contribution in [-0.2, 0) is 24.1 Å². The van der Waals surface area contributed by atoms with Crippen LogP contribution in [0.2, 0.25) is 0 Å². The Hall–Kier alpha value is -3.02. The summed E-state index contributed by atoms with van der Waals surface area (Å²) in [5.74, 6) is -0.199. The Labute approximate surface area is 176 Å². The van der Waals surface area contributed by atoms with Crippen LogP contribution in [0.4, 0.5) is 0 Å². The van der Waals surface area contributed by atoms with Crippen molar-refractivity contribution in [2.45, 2.75) is 19.4 Å². The largest absolute Gasteiger partial charge is 0.379 e. The lowest BCUT2D eigenvalue weighted by Gasteiger charge is -2.26. The highest BCUT2D eigenvalue weighted by molar-refractivity contribution is 6.03. The zero-order chi connectivity index (χ0) is 20.3. The molecule has 3 aromatic carbocycles. The molecular weight excluding hydrogens is 374 g/mol. The van der Waals surface area contributed by atoms with Crippen molar-refractivity contribution in [2.75, 3.05) is 26.3 Å². The predicted molar refractivity (Wildman–Crippen MR) is 119 cm³/mol. The van der Waals surface area contributed by atoms with Gasteiger partial charge in [-0.3, -0.25) is 9.69 Å². The Morgan fingerprint density at radius 3 is 2.57 bits per heavy atom. The summed E-state index contributed by atoms with van der Waals surface area (Å²) in [5.41, 5.74) is 8.30. The molecule has 0 bridgehead atoms. The van der Waals surface area contributed by atoms with Crippen LogP contribution in [0.1, 0.15) is 32.6 Å². The van der Waals surface area contributed by atoms with Crippen LogP contribution < -0.4 is 5.43 Å². The maximum Gasteiger partial charge on any atom is 0.271 e. The highest BCUT2D eigenvalue weighted by Crippen LogP contribution is 2.32. The third kappa shape index (κ3) is 3.86. The minimum atomic E-state index is -0.199. The Kier molecular flexibility index (Phi) is 5.30. The number of nitrogens with one attached hydrogen (secondary N) is 1. The topological polar surface area (TPSA) is 53.9 Å². The molecule has 3 aromatic rings. The van der Waals surface area contributed by atoms with Crippen molar-refractivity contribution < 1.29 is 9.53 Å². The van der Waals surface area contributed by atoms with Gasteiger partial charge in [0.15, 0.2) is 0 Å². The summed E-state index contributed by atoms with van der Waals surface area (Å²) in [6, 6.07) is 18.4. The molecule has 5 heteroatoms. The normalized spacial score (nSPS) is 16.4. The van der Waals surface area contributed by atoms with Gasteiger partial charge in [0.25, 0.3) is 5.91 Å². The van der Waals surface area contributed by atoms with E-state index in [1.165, 1.54) is 27.5 Å². The van der Waals surface area contributed by atoms with Gasteiger partial charge in [0.1, 0.15) is 0 Å². The molecule has 1 aliphatic carbocycles. The van der Waals surface area contributed by atoms with Gasteiger partial charge in [0.2, 0.25) is 0 Å². The van der Waals surface area contributed by atoms with Crippen molar-refractivity contribution in [3.8, 4) is 0 Å². The van der Waals surface area contributed by atoms with Gasteiger partial charge in [-0.1, -0.05) is 42.5 Å². The highest BCUT2D eigenvalue weighted by atomic mass is 16.5. The number of hydrazone groups is 1. The van der Waals surface area contributed by atoms with Crippen LogP contribution >= 0.6 is 0 Å². The predicted octanol–water partition coefficient (Wildman–Crippen LogP) is 3.53. The third-order valence-electron chi connectivity index (χ3n) is 6.01. The van der Waals surface area contributed by atoms with Crippen LogP contribution in [0.3, 0.4) is 0 Å². The number of amides is 1. The number of benzene rings is 3. The number of morpholine rings is 1. The van der Waals surface area contributed by atoms with Crippen LogP contribution in [0.25, 0.3) is 10.8 Å². The summed E-state index contributed by atoms with van der Waals surface area (Å²) >= 11 is 0. The van der Waals surface area contributed by atoms with Crippen molar-refractivity contribution in [3.63, 3.8) is 0 Å². The number of rotatable bonds is 5. The van der Waals surface area contributed by atoms with Crippen LogP contribution in [-0.4, -0.2) is 43.3 Å². The summed E-state index contributed by atoms with van der Waals surface area (Å²) < 4.78 is 5.39. The molecule has 5 rings (SSSR count). The van der Waals surface area contributed by atoms with Gasteiger partial charge in [0.05, 0.1) is 19.4 Å². The number of aryl methyl sites for hydroxylation is 2. The second kappa shape index (κ2) is 8.38. The maximum atomic E-state index is 12.5. The maximum absolute atomic E-state index is 12.5. The van der Waals surface area contributed by atoms with Crippen molar-refractivity contribution >= 4 is 22.9 Å². The number of ether oxygens (including phenoxy) is 1. The lowest BCUT2D eigenvalue weighted by Crippen LogP contribution is -2.35. The van der Waals surface area contributed by atoms with E-state index in [1.54, 1.807) is 6.21 Å². The minimum Gasteiger partial charge on any atom is -0.379 e. The molecule has 0 saturated carbocycles. The van der Waals surface area contributed by atoms with Gasteiger partial charge >= 0.3 is 0 Å². The quantitative estimate of drug-likeness (QED) is 0.527. The van der Waals surface area contributed by atoms with Crippen LogP contribution in [0.15, 0.2) is 59.7 Å². The lowest BCUT2D eigenvalue weighted by atomic mass is 10.0. The molecule has 2 aliphatic rings. The Morgan fingerprint density at radius 2 is 1.77 bits per heavy atom. The van der Waals surface area contributed by atoms with Crippen LogP contribution in [0.5, 0.6) is 0 Å². The molecule has 1 saturated heterocycles. The molecule has 0 aromatic heterocycles. The number of hydrogen-bond acceptors (Lipinski definition) is 4. The van der Waals surface area contributed by atoms with Gasteiger partial charge in [-0.15, -0.1) is 0 Å². The lowest BCUT2D eigenvalue weighted by molar-refractivity contribution is 0.0342. The van der Waals surface area contributed by atoms with E-state index in [0.717, 1.165) is 51.3 Å². The molecule has 30 heavy (non-hydrogen) atoms. The van der Waals surface area contributed by atoms with Crippen LogP contribution in [0, 0.1) is 0 Å². The van der Waals surface area contributed by atoms with E-state index in [0.29, 0.717) is 5.56 Å². The molecule has 1 amide bonds. The molecule has 0 atom stereocenters. The highest BCUT2D eigenvalue weighted by Gasteiger charge is 2.15. The summed E-state index contributed by atoms with van der Waals surface area (Å²) in [6.45, 7) is 4.37. The monoisotopic (exact) mass is 399 g/mol. The summed E-state index contributed by atoms with van der Waals surface area (Å²) in [5, 5.41) is 6.77. The van der Waals surface area contributed by atoms with Crippen molar-refractivity contribution in [1.82, 2.24) is 10.3 Å². The van der Waals surface area contributed by atoms with Gasteiger partial charge in [0, 0.05) is 30.8 Å². The summed E-state index contributed by atoms with van der Waals surface area (Å²) in [6.07, 6.45) is 3.95. The van der Waals surface area contributed by atoms with Gasteiger partial charge in [-0.2, -0.15) is 5.10 Å². The van der Waals surface area contributed by atoms with E-state index < -0.39 is 0 Å². The van der Waals surface area contributed by atoms with E-state index in [-0.39, 0.29) is 5.91 Å². The second-order valence-electron chi connectivity index (χ2n) is 7.94. The average Bonchev–Trinajstić information content (AvgIpc) is 3.21. The smallest absolute Gasteiger partial charge is 0.271 e. The first-order chi connectivity index (χ1) is 14.8. The first-order valence-corrected chi connectivity index (χ1v) is 10.5. The molecule has 152 valence electrons. The van der Waals surface area contributed by atoms with Crippen molar-refractivity contribution in [3.05, 3.63) is 82.4 Å². The molecule has 1 aliphatic heterocycles. The number of nitrogens with zero attached hydrogens (tertiary/aromatic N) is 2. The van der Waals surface area contributed by atoms with E-state index in [4.69, 9.17) is 4.74 Å². The standard InChI is InChI=1S/C25H25N3O2/c29-25(21-6-4-18(5-7-21)17-28-12-14-30-15-13-28)27-26-16-22-11-10-20-9-8-19-2-1-3-23(22)24(19)20/h1-7,10-11,16H,8-9,12-15,17H2,(H,27,29)/b26-16+. The zero-order valence-electron chi connectivity index (χ0n) is 16.9. The third-order valence-corrected chi connectivity index (χ3v) is 6.01. The fraction of sp³-hybridized carbons (Fsp3) is 0.280. The van der Waals surface area contributed by atoms with Gasteiger partial charge in [-0.05, 0) is 52.4 Å². The van der Waals surface area contributed by atoms with Crippen molar-refractivity contribution in [1.29, 1.82) is 0 Å². The summed E-state index contributed by atoms with van der Waals surface area (Å²) in [7, 11) is 0. The molecule has 0 radical (unpaired) electrons. The number of carbonyl (C=O) groups is 1. The molecule has 0 spiro atoms. The molecule has 5 nitrogen and oxygen atoms in total. The van der Waals surface area contributed by atoms with E-state index >= 15 is 0 Å². The Bertz CT molecular complexity index is 1090. The SMILES string of the molecule is O=C(N/N=C/c1ccc2c3c(cccc13)CC2)c1ccc(CN2CCOCC2)cc1. The fourth-order valence-corrected chi connectivity index (χ4v) is 4.39. The van der Waals surface area contributed by atoms with E-state index in [1.807, 2.05) is 24.3 Å².